The molecule has 18 rings (SSSR count). The standard InChI is InChI=1S/C93H64F2N2/c1-5-61-27-35-65(36-28-61)91(63-31-23-59(3)24-32-63)83-19-11-7-15-75(83)79-51-47-71(55-87(79)91)96(69-43-39-67(94)40-44-69)73-49-53-81-77-17-9-13-21-85(77)93(89(81)57-73)86-22-14-10-18-78(86)82-54-50-74(58-90(82)93)97(70-45-41-68(95)42-46-70)72-48-52-80-76-16-8-12-20-84(76)92(88(80)56-72,64-33-25-60(4)26-34-64)66-37-29-62(6-2)30-38-66/h5-58H,1-2H2,3-4H3. The first-order chi connectivity index (χ1) is 47.6. The predicted octanol–water partition coefficient (Wildman–Crippen LogP) is 23.9. The minimum atomic E-state index is -0.817. The fourth-order valence-corrected chi connectivity index (χ4v) is 17.2. The molecule has 14 aromatic rings. The van der Waals surface area contributed by atoms with Gasteiger partial charge >= 0.3 is 0 Å². The fourth-order valence-electron chi connectivity index (χ4n) is 17.2. The molecule has 4 heteroatoms. The lowest BCUT2D eigenvalue weighted by atomic mass is 9.67. The molecule has 0 aromatic heterocycles. The quantitative estimate of drug-likeness (QED) is 0.120. The molecule has 0 radical (unpaired) electrons. The van der Waals surface area contributed by atoms with E-state index in [0.29, 0.717) is 0 Å². The summed E-state index contributed by atoms with van der Waals surface area (Å²) >= 11 is 0. The van der Waals surface area contributed by atoms with E-state index >= 15 is 8.78 Å². The Morgan fingerprint density at radius 1 is 0.247 bits per heavy atom. The summed E-state index contributed by atoms with van der Waals surface area (Å²) < 4.78 is 30.9. The highest BCUT2D eigenvalue weighted by molar-refractivity contribution is 5.99. The summed E-state index contributed by atoms with van der Waals surface area (Å²) in [6.07, 6.45) is 3.80. The van der Waals surface area contributed by atoms with Gasteiger partial charge in [-0.2, -0.15) is 0 Å². The third-order valence-corrected chi connectivity index (χ3v) is 21.4. The van der Waals surface area contributed by atoms with Gasteiger partial charge in [0, 0.05) is 34.1 Å². The van der Waals surface area contributed by atoms with Gasteiger partial charge in [0.25, 0.3) is 0 Å². The average molecular weight is 1250 g/mol. The van der Waals surface area contributed by atoms with Crippen molar-refractivity contribution in [3.8, 4) is 44.5 Å². The van der Waals surface area contributed by atoms with E-state index in [2.05, 4.69) is 304 Å². The van der Waals surface area contributed by atoms with Gasteiger partial charge in [-0.1, -0.05) is 255 Å². The lowest BCUT2D eigenvalue weighted by Gasteiger charge is -2.36. The topological polar surface area (TPSA) is 6.48 Å². The van der Waals surface area contributed by atoms with Crippen LogP contribution in [0.1, 0.15) is 89.0 Å². The first-order valence-corrected chi connectivity index (χ1v) is 33.3. The van der Waals surface area contributed by atoms with Crippen LogP contribution in [0.25, 0.3) is 56.7 Å². The summed E-state index contributed by atoms with van der Waals surface area (Å²) in [6, 6.07) is 113. The smallest absolute Gasteiger partial charge is 0.123 e. The molecule has 0 amide bonds. The normalized spacial score (nSPS) is 16.9. The van der Waals surface area contributed by atoms with E-state index in [1.54, 1.807) is 24.3 Å². The third-order valence-electron chi connectivity index (χ3n) is 21.4. The van der Waals surface area contributed by atoms with Crippen LogP contribution in [0.2, 0.25) is 0 Å². The van der Waals surface area contributed by atoms with E-state index in [0.717, 1.165) is 112 Å². The molecule has 4 aliphatic carbocycles. The molecule has 2 nitrogen and oxygen atoms in total. The molecule has 2 atom stereocenters. The maximum atomic E-state index is 15.5. The number of benzene rings is 14. The molecule has 0 fully saturated rings. The van der Waals surface area contributed by atoms with E-state index in [-0.39, 0.29) is 11.6 Å². The first-order valence-electron chi connectivity index (χ1n) is 33.3. The SMILES string of the molecule is C=Cc1ccc(C2(c3ccc(C)cc3)c3ccccc3-c3ccc(N(c4ccc(F)cc4)c4ccc5c(c4)C4(c6ccccc6-5)c5ccccc5-c5ccc(N(c6ccc(F)cc6)c6ccc7c(c6)C(c6ccc(C)cc6)(c6ccc(C=C)cc6)c6ccccc6-7)cc54)cc32)cc1. The number of halogens is 2. The minimum Gasteiger partial charge on any atom is -0.310 e. The van der Waals surface area contributed by atoms with Gasteiger partial charge in [-0.15, -0.1) is 0 Å². The molecular weight excluding hydrogens is 1180 g/mol. The van der Waals surface area contributed by atoms with Crippen LogP contribution in [0, 0.1) is 25.5 Å². The Labute approximate surface area is 565 Å². The fraction of sp³-hybridized carbons (Fsp3) is 0.0538. The lowest BCUT2D eigenvalue weighted by Crippen LogP contribution is -2.29. The van der Waals surface area contributed by atoms with Crippen LogP contribution in [-0.4, -0.2) is 0 Å². The van der Waals surface area contributed by atoms with Crippen molar-refractivity contribution in [2.24, 2.45) is 0 Å². The van der Waals surface area contributed by atoms with Crippen molar-refractivity contribution in [2.75, 3.05) is 9.80 Å². The van der Waals surface area contributed by atoms with Crippen molar-refractivity contribution in [2.45, 2.75) is 30.1 Å². The Hall–Kier alpha value is -12.0. The molecule has 2 unspecified atom stereocenters. The van der Waals surface area contributed by atoms with Gasteiger partial charge in [-0.05, 0) is 233 Å². The van der Waals surface area contributed by atoms with Crippen molar-refractivity contribution in [1.82, 2.24) is 0 Å². The molecule has 14 aromatic carbocycles. The van der Waals surface area contributed by atoms with E-state index in [1.165, 1.54) is 55.6 Å². The Morgan fingerprint density at radius 2 is 0.485 bits per heavy atom. The van der Waals surface area contributed by atoms with Crippen LogP contribution >= 0.6 is 0 Å². The molecule has 0 saturated heterocycles. The summed E-state index contributed by atoms with van der Waals surface area (Å²) in [4.78, 5) is 4.62. The lowest BCUT2D eigenvalue weighted by molar-refractivity contribution is 0.627. The van der Waals surface area contributed by atoms with Crippen molar-refractivity contribution in [3.05, 3.63) is 429 Å². The summed E-state index contributed by atoms with van der Waals surface area (Å²) in [5.74, 6) is -0.617. The molecule has 0 saturated carbocycles. The Kier molecular flexibility index (Phi) is 13.1. The number of hydrogen-bond donors (Lipinski definition) is 0. The van der Waals surface area contributed by atoms with Crippen molar-refractivity contribution >= 4 is 46.3 Å². The largest absolute Gasteiger partial charge is 0.310 e. The highest BCUT2D eigenvalue weighted by atomic mass is 19.1. The maximum Gasteiger partial charge on any atom is 0.123 e. The molecule has 0 bridgehead atoms. The zero-order valence-electron chi connectivity index (χ0n) is 53.7. The van der Waals surface area contributed by atoms with E-state index in [4.69, 9.17) is 0 Å². The van der Waals surface area contributed by atoms with Crippen LogP contribution in [0.15, 0.2) is 329 Å². The zero-order chi connectivity index (χ0) is 65.3. The zero-order valence-corrected chi connectivity index (χ0v) is 53.7. The van der Waals surface area contributed by atoms with Gasteiger partial charge < -0.3 is 9.80 Å². The predicted molar refractivity (Wildman–Crippen MR) is 396 cm³/mol. The van der Waals surface area contributed by atoms with Gasteiger partial charge in [0.15, 0.2) is 0 Å². The maximum absolute atomic E-state index is 15.5. The molecule has 0 N–H and O–H groups in total. The van der Waals surface area contributed by atoms with Crippen LogP contribution in [0.5, 0.6) is 0 Å². The van der Waals surface area contributed by atoms with E-state index < -0.39 is 16.2 Å². The number of fused-ring (bicyclic) bond motifs is 16. The number of rotatable bonds is 12. The summed E-state index contributed by atoms with van der Waals surface area (Å²) in [5.41, 5.74) is 31.0. The number of nitrogens with zero attached hydrogens (tertiary/aromatic N) is 2. The van der Waals surface area contributed by atoms with Crippen LogP contribution in [0.4, 0.5) is 42.9 Å². The van der Waals surface area contributed by atoms with Gasteiger partial charge in [0.05, 0.1) is 16.2 Å². The van der Waals surface area contributed by atoms with Crippen LogP contribution < -0.4 is 9.80 Å². The Morgan fingerprint density at radius 3 is 0.773 bits per heavy atom. The second-order valence-electron chi connectivity index (χ2n) is 26.4. The monoisotopic (exact) mass is 1250 g/mol. The Bertz CT molecular complexity index is 5190. The minimum absolute atomic E-state index is 0.309. The first kappa shape index (κ1) is 57.7. The van der Waals surface area contributed by atoms with Gasteiger partial charge in [0.2, 0.25) is 0 Å². The van der Waals surface area contributed by atoms with Crippen molar-refractivity contribution in [1.29, 1.82) is 0 Å². The molecule has 0 aliphatic heterocycles. The molecule has 1 spiro atoms. The summed E-state index contributed by atoms with van der Waals surface area (Å²) in [5, 5.41) is 0. The van der Waals surface area contributed by atoms with E-state index in [1.807, 2.05) is 36.4 Å². The highest BCUT2D eigenvalue weighted by Gasteiger charge is 2.53. The average Bonchev–Trinajstić information content (AvgIpc) is 1.51. The Balaban J connectivity index is 0.855. The third kappa shape index (κ3) is 8.36. The number of anilines is 6. The van der Waals surface area contributed by atoms with Gasteiger partial charge in [-0.3, -0.25) is 0 Å². The second kappa shape index (κ2) is 22.1. The summed E-state index contributed by atoms with van der Waals surface area (Å²) in [6.45, 7) is 12.5. The van der Waals surface area contributed by atoms with Crippen molar-refractivity contribution < 1.29 is 8.78 Å². The van der Waals surface area contributed by atoms with Crippen molar-refractivity contribution in [3.63, 3.8) is 0 Å². The summed E-state index contributed by atoms with van der Waals surface area (Å²) in [7, 11) is 0. The van der Waals surface area contributed by atoms with Gasteiger partial charge in [-0.25, -0.2) is 8.78 Å². The highest BCUT2D eigenvalue weighted by Crippen LogP contribution is 2.65. The molecule has 0 heterocycles. The molecular formula is C93H64F2N2. The number of aryl methyl sites for hydroxylation is 2. The number of hydrogen-bond acceptors (Lipinski definition) is 2. The molecule has 4 aliphatic rings. The molecule has 460 valence electrons. The van der Waals surface area contributed by atoms with E-state index in [9.17, 15) is 0 Å². The van der Waals surface area contributed by atoms with Crippen LogP contribution in [-0.2, 0) is 16.2 Å². The van der Waals surface area contributed by atoms with Gasteiger partial charge in [0.1, 0.15) is 11.6 Å². The van der Waals surface area contributed by atoms with Crippen LogP contribution in [0.3, 0.4) is 0 Å². The second-order valence-corrected chi connectivity index (χ2v) is 26.4. The molecule has 97 heavy (non-hydrogen) atoms.